The number of nitrogens with one attached hydrogen (secondary N) is 1. The molecule has 0 spiro atoms. The van der Waals surface area contributed by atoms with Crippen LogP contribution in [-0.2, 0) is 20.7 Å². The summed E-state index contributed by atoms with van der Waals surface area (Å²) in [7, 11) is 0. The van der Waals surface area contributed by atoms with Gasteiger partial charge in [-0.15, -0.1) is 0 Å². The van der Waals surface area contributed by atoms with Gasteiger partial charge in [0.1, 0.15) is 18.4 Å². The number of carbonyl (C=O) groups excluding carboxylic acids is 2. The topological polar surface area (TPSA) is 117 Å². The third-order valence-electron chi connectivity index (χ3n) is 3.43. The summed E-state index contributed by atoms with van der Waals surface area (Å²) < 4.78 is 10.1. The first-order chi connectivity index (χ1) is 12.4. The van der Waals surface area contributed by atoms with E-state index in [1.165, 1.54) is 18.2 Å². The average Bonchev–Trinajstić information content (AvgIpc) is 2.63. The van der Waals surface area contributed by atoms with Crippen LogP contribution in [0.25, 0.3) is 0 Å². The van der Waals surface area contributed by atoms with Crippen molar-refractivity contribution in [2.75, 3.05) is 6.61 Å². The van der Waals surface area contributed by atoms with Crippen molar-refractivity contribution in [3.05, 3.63) is 59.7 Å². The summed E-state index contributed by atoms with van der Waals surface area (Å²) >= 11 is 0. The smallest absolute Gasteiger partial charge is 0.352 e. The molecule has 1 atom stereocenters. The molecule has 0 aliphatic heterocycles. The Morgan fingerprint density at radius 3 is 2.42 bits per heavy atom. The largest absolute Gasteiger partial charge is 0.504 e. The molecule has 0 fully saturated rings. The first kappa shape index (κ1) is 19.0. The van der Waals surface area contributed by atoms with Gasteiger partial charge in [-0.1, -0.05) is 24.3 Å². The van der Waals surface area contributed by atoms with Crippen molar-refractivity contribution in [1.29, 1.82) is 5.41 Å². The Balaban J connectivity index is 1.80. The van der Waals surface area contributed by atoms with Crippen molar-refractivity contribution in [3.63, 3.8) is 0 Å². The zero-order valence-corrected chi connectivity index (χ0v) is 14.1. The third kappa shape index (κ3) is 5.34. The van der Waals surface area contributed by atoms with E-state index in [2.05, 4.69) is 0 Å². The maximum absolute atomic E-state index is 11.9. The number of ether oxygens (including phenoxy) is 2. The minimum atomic E-state index is -0.847. The van der Waals surface area contributed by atoms with Crippen molar-refractivity contribution in [2.24, 2.45) is 0 Å². The standard InChI is InChI=1S/C19H19NO6/c1-12(26-18(23)14-5-3-2-4-6-14)11-25-19(24)15(20)9-13-7-8-16(21)17(22)10-13/h2-8,10,12,20-22H,9,11H2,1H3/t12-/m1/s1. The van der Waals surface area contributed by atoms with Crippen LogP contribution in [0.15, 0.2) is 48.5 Å². The molecule has 0 aliphatic rings. The maximum atomic E-state index is 11.9. The summed E-state index contributed by atoms with van der Waals surface area (Å²) in [5.74, 6) is -1.98. The highest BCUT2D eigenvalue weighted by Gasteiger charge is 2.17. The molecule has 2 rings (SSSR count). The van der Waals surface area contributed by atoms with E-state index in [1.54, 1.807) is 37.3 Å². The van der Waals surface area contributed by atoms with Crippen LogP contribution in [0.4, 0.5) is 0 Å². The third-order valence-corrected chi connectivity index (χ3v) is 3.43. The highest BCUT2D eigenvalue weighted by molar-refractivity contribution is 6.35. The molecule has 2 aromatic rings. The number of hydrogen-bond donors (Lipinski definition) is 3. The second-order valence-electron chi connectivity index (χ2n) is 5.66. The molecule has 0 heterocycles. The Morgan fingerprint density at radius 2 is 1.77 bits per heavy atom. The van der Waals surface area contributed by atoms with Gasteiger partial charge in [0, 0.05) is 6.42 Å². The van der Waals surface area contributed by atoms with E-state index < -0.39 is 18.0 Å². The van der Waals surface area contributed by atoms with E-state index in [1.807, 2.05) is 0 Å². The van der Waals surface area contributed by atoms with Crippen molar-refractivity contribution < 1.29 is 29.3 Å². The lowest BCUT2D eigenvalue weighted by Crippen LogP contribution is -2.26. The maximum Gasteiger partial charge on any atom is 0.352 e. The lowest BCUT2D eigenvalue weighted by molar-refractivity contribution is -0.138. The zero-order valence-electron chi connectivity index (χ0n) is 14.1. The normalized spacial score (nSPS) is 11.4. The lowest BCUT2D eigenvalue weighted by Gasteiger charge is -2.14. The number of benzene rings is 2. The monoisotopic (exact) mass is 357 g/mol. The van der Waals surface area contributed by atoms with E-state index in [4.69, 9.17) is 14.9 Å². The molecule has 3 N–H and O–H groups in total. The molecule has 2 aromatic carbocycles. The summed E-state index contributed by atoms with van der Waals surface area (Å²) in [5.41, 5.74) is 0.549. The molecular formula is C19H19NO6. The van der Waals surface area contributed by atoms with Gasteiger partial charge in [0.25, 0.3) is 0 Å². The van der Waals surface area contributed by atoms with Gasteiger partial charge in [-0.05, 0) is 36.8 Å². The van der Waals surface area contributed by atoms with E-state index in [9.17, 15) is 19.8 Å². The second kappa shape index (κ2) is 8.66. The molecular weight excluding hydrogens is 338 g/mol. The van der Waals surface area contributed by atoms with Gasteiger partial charge >= 0.3 is 11.9 Å². The SMILES string of the molecule is C[C@H](COC(=O)C(=N)Cc1ccc(O)c(O)c1)OC(=O)c1ccccc1. The van der Waals surface area contributed by atoms with Crippen molar-refractivity contribution >= 4 is 17.7 Å². The van der Waals surface area contributed by atoms with Crippen molar-refractivity contribution in [2.45, 2.75) is 19.4 Å². The molecule has 7 nitrogen and oxygen atoms in total. The Kier molecular flexibility index (Phi) is 6.32. The lowest BCUT2D eigenvalue weighted by atomic mass is 10.1. The van der Waals surface area contributed by atoms with Gasteiger partial charge in [-0.25, -0.2) is 9.59 Å². The van der Waals surface area contributed by atoms with E-state index in [0.717, 1.165) is 0 Å². The predicted molar refractivity (Wildman–Crippen MR) is 93.5 cm³/mol. The predicted octanol–water partition coefficient (Wildman–Crippen LogP) is 2.45. The number of phenolic OH excluding ortho intramolecular Hbond substituents is 2. The Hall–Kier alpha value is -3.35. The van der Waals surface area contributed by atoms with Crippen LogP contribution in [0, 0.1) is 5.41 Å². The molecule has 0 amide bonds. The molecule has 0 bridgehead atoms. The number of aromatic hydroxyl groups is 2. The fraction of sp³-hybridized carbons (Fsp3) is 0.211. The van der Waals surface area contributed by atoms with Crippen LogP contribution in [0.3, 0.4) is 0 Å². The van der Waals surface area contributed by atoms with E-state index >= 15 is 0 Å². The van der Waals surface area contributed by atoms with Crippen LogP contribution < -0.4 is 0 Å². The van der Waals surface area contributed by atoms with Gasteiger partial charge in [0.05, 0.1) is 5.56 Å². The summed E-state index contributed by atoms with van der Waals surface area (Å²) in [4.78, 5) is 23.7. The van der Waals surface area contributed by atoms with E-state index in [-0.39, 0.29) is 30.2 Å². The Labute approximate surface area is 150 Å². The fourth-order valence-electron chi connectivity index (χ4n) is 2.09. The summed E-state index contributed by atoms with van der Waals surface area (Å²) in [6.07, 6.45) is -0.734. The van der Waals surface area contributed by atoms with Crippen LogP contribution in [0.1, 0.15) is 22.8 Å². The minimum Gasteiger partial charge on any atom is -0.504 e. The van der Waals surface area contributed by atoms with Gasteiger partial charge in [-0.3, -0.25) is 5.41 Å². The molecule has 0 radical (unpaired) electrons. The minimum absolute atomic E-state index is 0.0646. The van der Waals surface area contributed by atoms with Crippen molar-refractivity contribution in [3.8, 4) is 11.5 Å². The van der Waals surface area contributed by atoms with Gasteiger partial charge in [-0.2, -0.15) is 0 Å². The second-order valence-corrected chi connectivity index (χ2v) is 5.66. The molecule has 26 heavy (non-hydrogen) atoms. The number of carbonyl (C=O) groups is 2. The fourth-order valence-corrected chi connectivity index (χ4v) is 2.09. The summed E-state index contributed by atoms with van der Waals surface area (Å²) in [5, 5.41) is 26.4. The molecule has 7 heteroatoms. The number of esters is 2. The number of rotatable bonds is 7. The quantitative estimate of drug-likeness (QED) is 0.398. The van der Waals surface area contributed by atoms with E-state index in [0.29, 0.717) is 11.1 Å². The zero-order chi connectivity index (χ0) is 19.1. The molecule has 0 aromatic heterocycles. The van der Waals surface area contributed by atoms with Crippen LogP contribution in [0.5, 0.6) is 11.5 Å². The summed E-state index contributed by atoms with van der Waals surface area (Å²) in [6.45, 7) is 1.40. The molecule has 0 aliphatic carbocycles. The molecule has 0 unspecified atom stereocenters. The summed E-state index contributed by atoms with van der Waals surface area (Å²) in [6, 6.07) is 12.5. The van der Waals surface area contributed by atoms with Gasteiger partial charge in [0.15, 0.2) is 11.5 Å². The van der Waals surface area contributed by atoms with Gasteiger partial charge in [0.2, 0.25) is 0 Å². The molecule has 0 saturated carbocycles. The first-order valence-corrected chi connectivity index (χ1v) is 7.88. The van der Waals surface area contributed by atoms with Crippen LogP contribution >= 0.6 is 0 Å². The highest BCUT2D eigenvalue weighted by atomic mass is 16.6. The Morgan fingerprint density at radius 1 is 1.08 bits per heavy atom. The Bertz CT molecular complexity index is 803. The van der Waals surface area contributed by atoms with Crippen LogP contribution in [-0.4, -0.2) is 40.6 Å². The van der Waals surface area contributed by atoms with Gasteiger partial charge < -0.3 is 19.7 Å². The average molecular weight is 357 g/mol. The van der Waals surface area contributed by atoms with Crippen molar-refractivity contribution in [1.82, 2.24) is 0 Å². The molecule has 0 saturated heterocycles. The first-order valence-electron chi connectivity index (χ1n) is 7.88. The van der Waals surface area contributed by atoms with Crippen LogP contribution in [0.2, 0.25) is 0 Å². The number of phenols is 2. The number of hydrogen-bond acceptors (Lipinski definition) is 7. The molecule has 136 valence electrons. The highest BCUT2D eigenvalue weighted by Crippen LogP contribution is 2.25.